The summed E-state index contributed by atoms with van der Waals surface area (Å²) in [5, 5.41) is 5.12. The van der Waals surface area contributed by atoms with Crippen LogP contribution in [-0.2, 0) is 0 Å². The molecule has 0 radical (unpaired) electrons. The number of anilines is 2. The predicted molar refractivity (Wildman–Crippen MR) is 90.1 cm³/mol. The van der Waals surface area contributed by atoms with E-state index < -0.39 is 0 Å². The molecule has 0 aliphatic heterocycles. The SMILES string of the molecule is Cc1cc2c(NC(C)c3cccc(Cl)c3)nc(N)nc2s1. The summed E-state index contributed by atoms with van der Waals surface area (Å²) in [5.41, 5.74) is 6.89. The van der Waals surface area contributed by atoms with Crippen LogP contribution in [0.15, 0.2) is 30.3 Å². The van der Waals surface area contributed by atoms with Gasteiger partial charge in [-0.15, -0.1) is 11.3 Å². The Hall–Kier alpha value is -1.85. The van der Waals surface area contributed by atoms with E-state index >= 15 is 0 Å². The quantitative estimate of drug-likeness (QED) is 0.751. The molecule has 0 spiro atoms. The molecular formula is C15H15ClN4S. The standard InChI is InChI=1S/C15H15ClN4S/c1-8-6-12-13(19-15(17)20-14(12)21-8)18-9(2)10-4-3-5-11(16)7-10/h3-7,9H,1-2H3,(H3,17,18,19,20). The molecule has 21 heavy (non-hydrogen) atoms. The zero-order valence-electron chi connectivity index (χ0n) is 11.7. The fourth-order valence-corrected chi connectivity index (χ4v) is 3.32. The summed E-state index contributed by atoms with van der Waals surface area (Å²) >= 11 is 7.66. The van der Waals surface area contributed by atoms with Crippen molar-refractivity contribution in [2.24, 2.45) is 0 Å². The van der Waals surface area contributed by atoms with E-state index in [-0.39, 0.29) is 12.0 Å². The maximum absolute atomic E-state index is 6.04. The number of nitrogens with zero attached hydrogens (tertiary/aromatic N) is 2. The number of aryl methyl sites for hydroxylation is 1. The van der Waals surface area contributed by atoms with Crippen LogP contribution in [0.2, 0.25) is 5.02 Å². The van der Waals surface area contributed by atoms with Crippen LogP contribution >= 0.6 is 22.9 Å². The van der Waals surface area contributed by atoms with Crippen LogP contribution in [0.1, 0.15) is 23.4 Å². The van der Waals surface area contributed by atoms with Gasteiger partial charge >= 0.3 is 0 Å². The van der Waals surface area contributed by atoms with E-state index in [1.807, 2.05) is 31.2 Å². The topological polar surface area (TPSA) is 63.8 Å². The molecule has 4 nitrogen and oxygen atoms in total. The molecule has 0 saturated heterocycles. The molecule has 3 N–H and O–H groups in total. The highest BCUT2D eigenvalue weighted by Gasteiger charge is 2.13. The van der Waals surface area contributed by atoms with Crippen LogP contribution in [0.3, 0.4) is 0 Å². The van der Waals surface area contributed by atoms with Crippen molar-refractivity contribution >= 4 is 44.9 Å². The first kappa shape index (κ1) is 14.1. The molecule has 0 aliphatic carbocycles. The average molecular weight is 319 g/mol. The third-order valence-electron chi connectivity index (χ3n) is 3.24. The second-order valence-electron chi connectivity index (χ2n) is 4.93. The number of nitrogens with one attached hydrogen (secondary N) is 1. The third-order valence-corrected chi connectivity index (χ3v) is 4.41. The summed E-state index contributed by atoms with van der Waals surface area (Å²) in [5.74, 6) is 1.04. The van der Waals surface area contributed by atoms with Crippen LogP contribution in [-0.4, -0.2) is 9.97 Å². The molecular weight excluding hydrogens is 304 g/mol. The minimum atomic E-state index is 0.0707. The zero-order chi connectivity index (χ0) is 15.0. The van der Waals surface area contributed by atoms with Gasteiger partial charge in [-0.1, -0.05) is 23.7 Å². The number of fused-ring (bicyclic) bond motifs is 1. The fourth-order valence-electron chi connectivity index (χ4n) is 2.23. The van der Waals surface area contributed by atoms with Gasteiger partial charge in [-0.05, 0) is 37.6 Å². The Morgan fingerprint density at radius 3 is 2.86 bits per heavy atom. The van der Waals surface area contributed by atoms with Gasteiger partial charge in [0.05, 0.1) is 11.4 Å². The van der Waals surface area contributed by atoms with Crippen molar-refractivity contribution < 1.29 is 0 Å². The summed E-state index contributed by atoms with van der Waals surface area (Å²) in [6, 6.07) is 9.92. The maximum atomic E-state index is 6.04. The number of nitrogen functional groups attached to an aromatic ring is 1. The van der Waals surface area contributed by atoms with E-state index in [4.69, 9.17) is 17.3 Å². The van der Waals surface area contributed by atoms with Gasteiger partial charge in [0.25, 0.3) is 0 Å². The molecule has 3 rings (SSSR count). The van der Waals surface area contributed by atoms with Crippen LogP contribution in [0.4, 0.5) is 11.8 Å². The third kappa shape index (κ3) is 2.94. The van der Waals surface area contributed by atoms with Crippen molar-refractivity contribution in [1.29, 1.82) is 0 Å². The number of hydrogen-bond acceptors (Lipinski definition) is 5. The molecule has 2 heterocycles. The van der Waals surface area contributed by atoms with Crippen LogP contribution in [0.5, 0.6) is 0 Å². The molecule has 0 amide bonds. The second-order valence-corrected chi connectivity index (χ2v) is 6.60. The van der Waals surface area contributed by atoms with E-state index in [1.54, 1.807) is 11.3 Å². The Labute approximate surface area is 132 Å². The Morgan fingerprint density at radius 2 is 2.10 bits per heavy atom. The Bertz CT molecular complexity index is 799. The highest BCUT2D eigenvalue weighted by Crippen LogP contribution is 2.31. The number of aromatic nitrogens is 2. The van der Waals surface area contributed by atoms with Gasteiger partial charge in [-0.3, -0.25) is 0 Å². The monoisotopic (exact) mass is 318 g/mol. The predicted octanol–water partition coefficient (Wildman–Crippen LogP) is 4.41. The Balaban J connectivity index is 1.97. The van der Waals surface area contributed by atoms with Crippen molar-refractivity contribution in [3.63, 3.8) is 0 Å². The number of benzene rings is 1. The molecule has 3 aromatic rings. The lowest BCUT2D eigenvalue weighted by Gasteiger charge is -2.16. The first-order valence-corrected chi connectivity index (χ1v) is 7.78. The molecule has 0 aliphatic rings. The first-order chi connectivity index (χ1) is 10.0. The summed E-state index contributed by atoms with van der Waals surface area (Å²) in [6.07, 6.45) is 0. The minimum Gasteiger partial charge on any atom is -0.368 e. The van der Waals surface area contributed by atoms with Gasteiger partial charge in [0.15, 0.2) is 0 Å². The van der Waals surface area contributed by atoms with Crippen molar-refractivity contribution in [2.45, 2.75) is 19.9 Å². The lowest BCUT2D eigenvalue weighted by Crippen LogP contribution is -2.09. The van der Waals surface area contributed by atoms with Crippen LogP contribution in [0.25, 0.3) is 10.2 Å². The van der Waals surface area contributed by atoms with E-state index in [0.29, 0.717) is 0 Å². The van der Waals surface area contributed by atoms with Gasteiger partial charge in [-0.2, -0.15) is 4.98 Å². The average Bonchev–Trinajstić information content (AvgIpc) is 2.79. The van der Waals surface area contributed by atoms with Crippen molar-refractivity contribution in [1.82, 2.24) is 9.97 Å². The van der Waals surface area contributed by atoms with Crippen LogP contribution in [0, 0.1) is 6.92 Å². The van der Waals surface area contributed by atoms with Gasteiger partial charge in [-0.25, -0.2) is 4.98 Å². The second kappa shape index (κ2) is 5.50. The molecule has 0 bridgehead atoms. The number of hydrogen-bond donors (Lipinski definition) is 2. The molecule has 1 unspecified atom stereocenters. The molecule has 108 valence electrons. The van der Waals surface area contributed by atoms with Gasteiger partial charge < -0.3 is 11.1 Å². The molecule has 0 fully saturated rings. The number of halogens is 1. The van der Waals surface area contributed by atoms with E-state index in [0.717, 1.165) is 26.6 Å². The number of nitrogens with two attached hydrogens (primary N) is 1. The summed E-state index contributed by atoms with van der Waals surface area (Å²) in [4.78, 5) is 10.7. The fraction of sp³-hybridized carbons (Fsp3) is 0.200. The first-order valence-electron chi connectivity index (χ1n) is 6.58. The molecule has 2 aromatic heterocycles. The van der Waals surface area contributed by atoms with Crippen molar-refractivity contribution in [2.75, 3.05) is 11.1 Å². The molecule has 0 saturated carbocycles. The molecule has 1 atom stereocenters. The number of rotatable bonds is 3. The maximum Gasteiger partial charge on any atom is 0.223 e. The van der Waals surface area contributed by atoms with E-state index in [1.165, 1.54) is 4.88 Å². The van der Waals surface area contributed by atoms with Crippen LogP contribution < -0.4 is 11.1 Å². The van der Waals surface area contributed by atoms with Gasteiger partial charge in [0.1, 0.15) is 10.6 Å². The lowest BCUT2D eigenvalue weighted by atomic mass is 10.1. The summed E-state index contributed by atoms with van der Waals surface area (Å²) < 4.78 is 0. The zero-order valence-corrected chi connectivity index (χ0v) is 13.3. The minimum absolute atomic E-state index is 0.0707. The largest absolute Gasteiger partial charge is 0.368 e. The Kier molecular flexibility index (Phi) is 3.69. The molecule has 6 heteroatoms. The normalized spacial score (nSPS) is 12.5. The summed E-state index contributed by atoms with van der Waals surface area (Å²) in [6.45, 7) is 4.11. The highest BCUT2D eigenvalue weighted by atomic mass is 35.5. The van der Waals surface area contributed by atoms with Crippen molar-refractivity contribution in [3.05, 3.63) is 45.8 Å². The summed E-state index contributed by atoms with van der Waals surface area (Å²) in [7, 11) is 0. The smallest absolute Gasteiger partial charge is 0.223 e. The van der Waals surface area contributed by atoms with E-state index in [2.05, 4.69) is 28.3 Å². The Morgan fingerprint density at radius 1 is 1.29 bits per heavy atom. The molecule has 1 aromatic carbocycles. The van der Waals surface area contributed by atoms with Crippen molar-refractivity contribution in [3.8, 4) is 0 Å². The number of thiophene rings is 1. The van der Waals surface area contributed by atoms with Gasteiger partial charge in [0, 0.05) is 9.90 Å². The van der Waals surface area contributed by atoms with E-state index in [9.17, 15) is 0 Å². The lowest BCUT2D eigenvalue weighted by molar-refractivity contribution is 0.877. The highest BCUT2D eigenvalue weighted by molar-refractivity contribution is 7.18. The van der Waals surface area contributed by atoms with Gasteiger partial charge in [0.2, 0.25) is 5.95 Å².